The molecule has 0 unspecified atom stereocenters. The topological polar surface area (TPSA) is 48.4 Å². The number of carbonyl (C=O) groups excluding carboxylic acids is 1. The number of hydrogen-bond acceptors (Lipinski definition) is 4. The predicted molar refractivity (Wildman–Crippen MR) is 42.2 cm³/mol. The minimum atomic E-state index is -4.96. The SMILES string of the molecule is COC(=O)c1cc(OC(F)(F)F)ncc1F. The van der Waals surface area contributed by atoms with Crippen LogP contribution in [0.1, 0.15) is 10.4 Å². The lowest BCUT2D eigenvalue weighted by atomic mass is 10.2. The first-order valence-corrected chi connectivity index (χ1v) is 3.83. The third kappa shape index (κ3) is 3.07. The van der Waals surface area contributed by atoms with Gasteiger partial charge in [0, 0.05) is 6.07 Å². The molecule has 1 rings (SSSR count). The Labute approximate surface area is 86.8 Å². The minimum absolute atomic E-state index is 0.438. The lowest BCUT2D eigenvalue weighted by Gasteiger charge is -2.08. The highest BCUT2D eigenvalue weighted by Gasteiger charge is 2.32. The normalized spacial score (nSPS) is 11.1. The van der Waals surface area contributed by atoms with Crippen LogP contribution in [0, 0.1) is 5.82 Å². The quantitative estimate of drug-likeness (QED) is 0.584. The number of aromatic nitrogens is 1. The summed E-state index contributed by atoms with van der Waals surface area (Å²) in [5.41, 5.74) is -0.684. The Morgan fingerprint density at radius 1 is 1.44 bits per heavy atom. The van der Waals surface area contributed by atoms with Crippen LogP contribution in [0.3, 0.4) is 0 Å². The van der Waals surface area contributed by atoms with Crippen molar-refractivity contribution < 1.29 is 31.8 Å². The number of halogens is 4. The lowest BCUT2D eigenvalue weighted by Crippen LogP contribution is -2.18. The molecular formula is C8H5F4NO3. The van der Waals surface area contributed by atoms with Crippen LogP contribution in [0.15, 0.2) is 12.3 Å². The molecule has 0 fully saturated rings. The van der Waals surface area contributed by atoms with Crippen molar-refractivity contribution in [1.82, 2.24) is 4.98 Å². The Morgan fingerprint density at radius 2 is 2.06 bits per heavy atom. The van der Waals surface area contributed by atoms with Crippen LogP contribution in [0.5, 0.6) is 5.88 Å². The monoisotopic (exact) mass is 239 g/mol. The van der Waals surface area contributed by atoms with Crippen LogP contribution in [-0.4, -0.2) is 24.4 Å². The number of pyridine rings is 1. The molecule has 1 aromatic heterocycles. The van der Waals surface area contributed by atoms with E-state index in [0.29, 0.717) is 12.3 Å². The molecule has 1 heterocycles. The van der Waals surface area contributed by atoms with Gasteiger partial charge in [0.25, 0.3) is 0 Å². The Morgan fingerprint density at radius 3 is 2.56 bits per heavy atom. The van der Waals surface area contributed by atoms with E-state index in [1.54, 1.807) is 0 Å². The number of hydrogen-bond donors (Lipinski definition) is 0. The number of methoxy groups -OCH3 is 1. The molecule has 0 bridgehead atoms. The zero-order valence-electron chi connectivity index (χ0n) is 7.84. The summed E-state index contributed by atoms with van der Waals surface area (Å²) in [6, 6.07) is 0.509. The summed E-state index contributed by atoms with van der Waals surface area (Å²) in [5.74, 6) is -3.15. The second kappa shape index (κ2) is 4.33. The van der Waals surface area contributed by atoms with Gasteiger partial charge in [0.05, 0.1) is 13.3 Å². The fourth-order valence-electron chi connectivity index (χ4n) is 0.860. The van der Waals surface area contributed by atoms with Crippen LogP contribution in [-0.2, 0) is 4.74 Å². The molecule has 0 radical (unpaired) electrons. The third-order valence-corrected chi connectivity index (χ3v) is 1.46. The maximum atomic E-state index is 12.9. The Balaban J connectivity index is 3.03. The molecule has 16 heavy (non-hydrogen) atoms. The van der Waals surface area contributed by atoms with Gasteiger partial charge in [-0.1, -0.05) is 0 Å². The van der Waals surface area contributed by atoms with Gasteiger partial charge in [0.1, 0.15) is 5.56 Å². The maximum absolute atomic E-state index is 12.9. The van der Waals surface area contributed by atoms with Gasteiger partial charge >= 0.3 is 12.3 Å². The average molecular weight is 239 g/mol. The van der Waals surface area contributed by atoms with Crippen LogP contribution >= 0.6 is 0 Å². The van der Waals surface area contributed by atoms with Crippen LogP contribution in [0.25, 0.3) is 0 Å². The summed E-state index contributed by atoms with van der Waals surface area (Å²) >= 11 is 0. The molecule has 88 valence electrons. The van der Waals surface area contributed by atoms with E-state index in [-0.39, 0.29) is 0 Å². The molecular weight excluding hydrogens is 234 g/mol. The smallest absolute Gasteiger partial charge is 0.465 e. The van der Waals surface area contributed by atoms with E-state index in [2.05, 4.69) is 14.5 Å². The lowest BCUT2D eigenvalue weighted by molar-refractivity contribution is -0.276. The van der Waals surface area contributed by atoms with Crippen molar-refractivity contribution in [3.8, 4) is 5.88 Å². The second-order valence-electron chi connectivity index (χ2n) is 2.54. The zero-order valence-corrected chi connectivity index (χ0v) is 7.84. The molecule has 8 heteroatoms. The summed E-state index contributed by atoms with van der Waals surface area (Å²) in [7, 11) is 0.965. The first-order valence-electron chi connectivity index (χ1n) is 3.83. The van der Waals surface area contributed by atoms with Gasteiger partial charge in [0.15, 0.2) is 5.82 Å². The fourth-order valence-corrected chi connectivity index (χ4v) is 0.860. The van der Waals surface area contributed by atoms with E-state index in [4.69, 9.17) is 0 Å². The second-order valence-corrected chi connectivity index (χ2v) is 2.54. The van der Waals surface area contributed by atoms with Crippen LogP contribution in [0.4, 0.5) is 17.6 Å². The summed E-state index contributed by atoms with van der Waals surface area (Å²) in [5, 5.41) is 0. The van der Waals surface area contributed by atoms with Crippen LogP contribution < -0.4 is 4.74 Å². The highest BCUT2D eigenvalue weighted by Crippen LogP contribution is 2.22. The van der Waals surface area contributed by atoms with Gasteiger partial charge in [-0.15, -0.1) is 13.2 Å². The molecule has 0 N–H and O–H groups in total. The molecule has 4 nitrogen and oxygen atoms in total. The molecule has 0 aromatic carbocycles. The fraction of sp³-hybridized carbons (Fsp3) is 0.250. The van der Waals surface area contributed by atoms with Crippen molar-refractivity contribution in [1.29, 1.82) is 0 Å². The summed E-state index contributed by atoms with van der Waals surface area (Å²) in [6.45, 7) is 0. The van der Waals surface area contributed by atoms with Crippen molar-refractivity contribution in [2.45, 2.75) is 6.36 Å². The largest absolute Gasteiger partial charge is 0.574 e. The number of esters is 1. The standard InChI is InChI=1S/C8H5F4NO3/c1-15-7(14)4-2-6(13-3-5(4)9)16-8(10,11)12/h2-3H,1H3. The highest BCUT2D eigenvalue weighted by molar-refractivity contribution is 5.89. The predicted octanol–water partition coefficient (Wildman–Crippen LogP) is 1.91. The Kier molecular flexibility index (Phi) is 3.31. The average Bonchev–Trinajstić information content (AvgIpc) is 2.18. The van der Waals surface area contributed by atoms with Crippen molar-refractivity contribution >= 4 is 5.97 Å². The van der Waals surface area contributed by atoms with Gasteiger partial charge < -0.3 is 9.47 Å². The Hall–Kier alpha value is -1.86. The summed E-state index contributed by atoms with van der Waals surface area (Å²) in [4.78, 5) is 13.9. The molecule has 1 aromatic rings. The Bertz CT molecular complexity index is 405. The first-order chi connectivity index (χ1) is 7.33. The van der Waals surface area contributed by atoms with Gasteiger partial charge in [-0.05, 0) is 0 Å². The van der Waals surface area contributed by atoms with Crippen LogP contribution in [0.2, 0.25) is 0 Å². The molecule has 0 atom stereocenters. The molecule has 0 spiro atoms. The maximum Gasteiger partial charge on any atom is 0.574 e. The number of carbonyl (C=O) groups is 1. The van der Waals surface area contributed by atoms with Crippen molar-refractivity contribution in [3.63, 3.8) is 0 Å². The van der Waals surface area contributed by atoms with E-state index in [0.717, 1.165) is 7.11 Å². The van der Waals surface area contributed by atoms with Gasteiger partial charge in [-0.3, -0.25) is 0 Å². The van der Waals surface area contributed by atoms with E-state index in [1.165, 1.54) is 0 Å². The number of ether oxygens (including phenoxy) is 2. The van der Waals surface area contributed by atoms with Crippen molar-refractivity contribution in [2.75, 3.05) is 7.11 Å². The van der Waals surface area contributed by atoms with E-state index in [9.17, 15) is 22.4 Å². The zero-order chi connectivity index (χ0) is 12.3. The van der Waals surface area contributed by atoms with Gasteiger partial charge in [-0.2, -0.15) is 0 Å². The molecule has 0 aliphatic carbocycles. The van der Waals surface area contributed by atoms with Gasteiger partial charge in [-0.25, -0.2) is 14.2 Å². The molecule has 0 saturated carbocycles. The molecule has 0 amide bonds. The number of nitrogens with zero attached hydrogens (tertiary/aromatic N) is 1. The first kappa shape index (κ1) is 12.2. The van der Waals surface area contributed by atoms with E-state index >= 15 is 0 Å². The van der Waals surface area contributed by atoms with E-state index < -0.39 is 29.6 Å². The van der Waals surface area contributed by atoms with Gasteiger partial charge in [0.2, 0.25) is 5.88 Å². The highest BCUT2D eigenvalue weighted by atomic mass is 19.4. The molecule has 0 aliphatic heterocycles. The van der Waals surface area contributed by atoms with Crippen molar-refractivity contribution in [2.24, 2.45) is 0 Å². The minimum Gasteiger partial charge on any atom is -0.465 e. The third-order valence-electron chi connectivity index (χ3n) is 1.46. The van der Waals surface area contributed by atoms with Crippen molar-refractivity contribution in [3.05, 3.63) is 23.6 Å². The molecule has 0 saturated heterocycles. The summed E-state index contributed by atoms with van der Waals surface area (Å²) < 4.78 is 55.9. The molecule has 0 aliphatic rings. The summed E-state index contributed by atoms with van der Waals surface area (Å²) in [6.07, 6.45) is -4.52. The number of alkyl halides is 3. The number of rotatable bonds is 2. The van der Waals surface area contributed by atoms with E-state index in [1.807, 2.05) is 0 Å².